The van der Waals surface area contributed by atoms with Crippen molar-refractivity contribution in [2.45, 2.75) is 45.6 Å². The van der Waals surface area contributed by atoms with E-state index >= 15 is 0 Å². The summed E-state index contributed by atoms with van der Waals surface area (Å²) in [5.74, 6) is -0.853. The van der Waals surface area contributed by atoms with Gasteiger partial charge in [0.25, 0.3) is 0 Å². The summed E-state index contributed by atoms with van der Waals surface area (Å²) in [6.45, 7) is 9.54. The molecule has 4 atom stereocenters. The topological polar surface area (TPSA) is 54.5 Å². The van der Waals surface area contributed by atoms with Gasteiger partial charge in [-0.2, -0.15) is 0 Å². The highest BCUT2D eigenvalue weighted by Gasteiger charge is 2.60. The number of amides is 2. The van der Waals surface area contributed by atoms with Crippen molar-refractivity contribution in [3.63, 3.8) is 0 Å². The molecule has 2 amide bonds. The molecule has 108 valence electrons. The Bertz CT molecular complexity index is 528. The van der Waals surface area contributed by atoms with Gasteiger partial charge in [0, 0.05) is 29.7 Å². The van der Waals surface area contributed by atoms with E-state index in [1.54, 1.807) is 0 Å². The molecule has 1 heterocycles. The van der Waals surface area contributed by atoms with Gasteiger partial charge in [0.05, 0.1) is 0 Å². The van der Waals surface area contributed by atoms with Crippen molar-refractivity contribution in [3.05, 3.63) is 12.2 Å². The second kappa shape index (κ2) is 4.03. The van der Waals surface area contributed by atoms with Gasteiger partial charge in [-0.15, -0.1) is 0 Å². The van der Waals surface area contributed by atoms with Crippen LogP contribution in [0.4, 0.5) is 0 Å². The van der Waals surface area contributed by atoms with Crippen LogP contribution in [0.15, 0.2) is 12.2 Å². The summed E-state index contributed by atoms with van der Waals surface area (Å²) in [7, 11) is 0. The van der Waals surface area contributed by atoms with E-state index in [0.717, 1.165) is 5.57 Å². The third kappa shape index (κ3) is 1.70. The van der Waals surface area contributed by atoms with Gasteiger partial charge in [-0.3, -0.25) is 19.3 Å². The Labute approximate surface area is 119 Å². The van der Waals surface area contributed by atoms with Crippen molar-refractivity contribution >= 4 is 17.6 Å². The van der Waals surface area contributed by atoms with Gasteiger partial charge in [-0.05, 0) is 39.5 Å². The summed E-state index contributed by atoms with van der Waals surface area (Å²) in [6, 6.07) is 0. The zero-order chi connectivity index (χ0) is 14.8. The first-order valence-corrected chi connectivity index (χ1v) is 7.29. The molecule has 0 aromatic heterocycles. The third-order valence-electron chi connectivity index (χ3n) is 4.99. The molecule has 3 aliphatic rings. The van der Waals surface area contributed by atoms with Crippen molar-refractivity contribution < 1.29 is 14.4 Å². The van der Waals surface area contributed by atoms with Gasteiger partial charge in [-0.25, -0.2) is 0 Å². The molecule has 4 nitrogen and oxygen atoms in total. The largest absolute Gasteiger partial charge is 0.299 e. The quantitative estimate of drug-likeness (QED) is 0.501. The number of piperidine rings is 1. The van der Waals surface area contributed by atoms with Crippen LogP contribution in [0.2, 0.25) is 0 Å². The first-order valence-electron chi connectivity index (χ1n) is 7.29. The average molecular weight is 275 g/mol. The maximum Gasteiger partial charge on any atom is 0.233 e. The summed E-state index contributed by atoms with van der Waals surface area (Å²) in [4.78, 5) is 39.0. The predicted octanol–water partition coefficient (Wildman–Crippen LogP) is 1.94. The SMILES string of the molecule is C=C1CC(=O)C2C3CC(C(=O)N(C(C)(C)C)C3=O)C2C1. The van der Waals surface area contributed by atoms with Crippen LogP contribution in [0, 0.1) is 23.7 Å². The number of fused-ring (bicyclic) bond motifs is 5. The molecule has 2 aliphatic carbocycles. The lowest BCUT2D eigenvalue weighted by molar-refractivity contribution is -0.159. The van der Waals surface area contributed by atoms with Crippen LogP contribution in [0.3, 0.4) is 0 Å². The molecule has 2 saturated carbocycles. The third-order valence-corrected chi connectivity index (χ3v) is 4.99. The molecule has 0 aromatic rings. The Balaban J connectivity index is 2.03. The van der Waals surface area contributed by atoms with Crippen LogP contribution in [-0.2, 0) is 14.4 Å². The summed E-state index contributed by atoms with van der Waals surface area (Å²) in [5.41, 5.74) is 0.393. The van der Waals surface area contributed by atoms with Crippen LogP contribution in [0.5, 0.6) is 0 Å². The van der Waals surface area contributed by atoms with E-state index in [4.69, 9.17) is 0 Å². The van der Waals surface area contributed by atoms with Gasteiger partial charge in [0.1, 0.15) is 5.78 Å². The number of allylic oxidation sites excluding steroid dienone is 1. The number of ketones is 1. The molecular formula is C16H21NO3. The lowest BCUT2D eigenvalue weighted by atomic mass is 9.74. The number of hydrogen-bond acceptors (Lipinski definition) is 3. The van der Waals surface area contributed by atoms with Gasteiger partial charge in [0.15, 0.2) is 0 Å². The zero-order valence-electron chi connectivity index (χ0n) is 12.3. The number of nitrogens with zero attached hydrogens (tertiary/aromatic N) is 1. The molecule has 0 N–H and O–H groups in total. The van der Waals surface area contributed by atoms with E-state index < -0.39 is 5.54 Å². The maximum absolute atomic E-state index is 12.7. The predicted molar refractivity (Wildman–Crippen MR) is 73.6 cm³/mol. The van der Waals surface area contributed by atoms with E-state index in [2.05, 4.69) is 6.58 Å². The number of Topliss-reactive ketones (excluding diaryl/α,β-unsaturated/α-hetero) is 1. The second-order valence-corrected chi connectivity index (χ2v) is 7.42. The van der Waals surface area contributed by atoms with Crippen molar-refractivity contribution in [2.24, 2.45) is 23.7 Å². The maximum atomic E-state index is 12.7. The molecule has 20 heavy (non-hydrogen) atoms. The monoisotopic (exact) mass is 275 g/mol. The fourth-order valence-electron chi connectivity index (χ4n) is 4.29. The molecule has 3 fully saturated rings. The fraction of sp³-hybridized carbons (Fsp3) is 0.688. The first-order chi connectivity index (χ1) is 9.21. The lowest BCUT2D eigenvalue weighted by Crippen LogP contribution is -2.55. The fourth-order valence-corrected chi connectivity index (χ4v) is 4.29. The number of carbonyl (C=O) groups is 3. The van der Waals surface area contributed by atoms with Crippen molar-refractivity contribution in [2.75, 3.05) is 0 Å². The molecule has 3 rings (SSSR count). The van der Waals surface area contributed by atoms with Gasteiger partial charge in [0.2, 0.25) is 11.8 Å². The summed E-state index contributed by atoms with van der Waals surface area (Å²) in [6.07, 6.45) is 1.65. The van der Waals surface area contributed by atoms with Gasteiger partial charge >= 0.3 is 0 Å². The Morgan fingerprint density at radius 2 is 1.70 bits per heavy atom. The normalized spacial score (nSPS) is 37.5. The molecule has 1 aliphatic heterocycles. The molecule has 4 unspecified atom stereocenters. The van der Waals surface area contributed by atoms with Crippen molar-refractivity contribution in [1.82, 2.24) is 4.90 Å². The second-order valence-electron chi connectivity index (χ2n) is 7.42. The van der Waals surface area contributed by atoms with Crippen molar-refractivity contribution in [3.8, 4) is 0 Å². The molecule has 0 spiro atoms. The highest BCUT2D eigenvalue weighted by Crippen LogP contribution is 2.53. The summed E-state index contributed by atoms with van der Waals surface area (Å²) >= 11 is 0. The molecule has 2 bridgehead atoms. The average Bonchev–Trinajstić information content (AvgIpc) is 2.62. The van der Waals surface area contributed by atoms with E-state index in [-0.39, 0.29) is 41.3 Å². The van der Waals surface area contributed by atoms with Crippen LogP contribution >= 0.6 is 0 Å². The summed E-state index contributed by atoms with van der Waals surface area (Å²) < 4.78 is 0. The Morgan fingerprint density at radius 3 is 2.30 bits per heavy atom. The van der Waals surface area contributed by atoms with Crippen LogP contribution in [0.1, 0.15) is 40.0 Å². The molecule has 0 radical (unpaired) electrons. The van der Waals surface area contributed by atoms with E-state index in [1.807, 2.05) is 20.8 Å². The number of carbonyl (C=O) groups excluding carboxylic acids is 3. The Morgan fingerprint density at radius 1 is 1.10 bits per heavy atom. The minimum absolute atomic E-state index is 0.00227. The highest BCUT2D eigenvalue weighted by atomic mass is 16.2. The van der Waals surface area contributed by atoms with Crippen LogP contribution in [0.25, 0.3) is 0 Å². The molecule has 0 aromatic carbocycles. The molecule has 1 saturated heterocycles. The number of imide groups is 1. The highest BCUT2D eigenvalue weighted by molar-refractivity contribution is 6.05. The number of rotatable bonds is 0. The minimum Gasteiger partial charge on any atom is -0.299 e. The zero-order valence-corrected chi connectivity index (χ0v) is 12.3. The lowest BCUT2D eigenvalue weighted by Gasteiger charge is -2.39. The smallest absolute Gasteiger partial charge is 0.233 e. The van der Waals surface area contributed by atoms with E-state index in [1.165, 1.54) is 4.90 Å². The van der Waals surface area contributed by atoms with Gasteiger partial charge in [-0.1, -0.05) is 12.2 Å². The van der Waals surface area contributed by atoms with E-state index in [0.29, 0.717) is 19.3 Å². The van der Waals surface area contributed by atoms with Crippen LogP contribution < -0.4 is 0 Å². The first kappa shape index (κ1) is 13.5. The van der Waals surface area contributed by atoms with E-state index in [9.17, 15) is 14.4 Å². The molecular weight excluding hydrogens is 254 g/mol. The number of likely N-dealkylation sites (tertiary alicyclic amines) is 1. The number of hydrogen-bond donors (Lipinski definition) is 0. The summed E-state index contributed by atoms with van der Waals surface area (Å²) in [5, 5.41) is 0. The minimum atomic E-state index is -0.515. The van der Waals surface area contributed by atoms with Crippen LogP contribution in [-0.4, -0.2) is 28.0 Å². The Hall–Kier alpha value is -1.45. The standard InChI is InChI=1S/C16H21NO3/c1-8-5-9-10-7-11(13(9)12(18)6-8)15(20)17(14(10)19)16(2,3)4/h9-11,13H,1,5-7H2,2-4H3. The van der Waals surface area contributed by atoms with Gasteiger partial charge < -0.3 is 0 Å². The Kier molecular flexibility index (Phi) is 2.72. The molecule has 4 heteroatoms. The van der Waals surface area contributed by atoms with Crippen molar-refractivity contribution in [1.29, 1.82) is 0 Å².